The number of rotatable bonds is 8. The zero-order chi connectivity index (χ0) is 18.9. The Balaban J connectivity index is 1.61. The molecule has 0 atom stereocenters. The third kappa shape index (κ3) is 5.65. The highest BCUT2D eigenvalue weighted by atomic mass is 32.1. The molecule has 0 radical (unpaired) electrons. The van der Waals surface area contributed by atoms with Crippen molar-refractivity contribution in [2.45, 2.75) is 39.9 Å². The van der Waals surface area contributed by atoms with E-state index in [1.54, 1.807) is 17.7 Å². The summed E-state index contributed by atoms with van der Waals surface area (Å²) in [6.07, 6.45) is 2.66. The highest BCUT2D eigenvalue weighted by Crippen LogP contribution is 2.09. The van der Waals surface area contributed by atoms with Crippen molar-refractivity contribution in [3.05, 3.63) is 69.9 Å². The van der Waals surface area contributed by atoms with Crippen LogP contribution in [0.2, 0.25) is 0 Å². The molecule has 142 valence electrons. The summed E-state index contributed by atoms with van der Waals surface area (Å²) in [5.41, 5.74) is 2.50. The maximum Gasteiger partial charge on any atom is 0.191 e. The van der Waals surface area contributed by atoms with E-state index in [2.05, 4.69) is 81.0 Å². The number of hydrogen-bond donors (Lipinski definition) is 2. The highest BCUT2D eigenvalue weighted by molar-refractivity contribution is 7.09. The lowest BCUT2D eigenvalue weighted by molar-refractivity contribution is 0.631. The number of thiophene rings is 1. The number of hydrogen-bond acceptors (Lipinski definition) is 4. The lowest BCUT2D eigenvalue weighted by Crippen LogP contribution is -2.38. The molecule has 0 aliphatic heterocycles. The molecule has 0 aliphatic rings. The van der Waals surface area contributed by atoms with Gasteiger partial charge in [0, 0.05) is 24.4 Å². The van der Waals surface area contributed by atoms with Crippen LogP contribution in [0.5, 0.6) is 0 Å². The summed E-state index contributed by atoms with van der Waals surface area (Å²) < 4.78 is 2.07. The molecule has 3 aromatic rings. The van der Waals surface area contributed by atoms with Crippen LogP contribution in [0.4, 0.5) is 0 Å². The number of nitrogens with one attached hydrogen (secondary N) is 2. The zero-order valence-corrected chi connectivity index (χ0v) is 16.7. The van der Waals surface area contributed by atoms with E-state index in [1.807, 2.05) is 0 Å². The van der Waals surface area contributed by atoms with Gasteiger partial charge in [-0.05, 0) is 29.5 Å². The third-order valence-electron chi connectivity index (χ3n) is 4.34. The molecule has 0 amide bonds. The number of guanidine groups is 1. The SMILES string of the molecule is CCc1nncn1CCNC(=NCc1ccccc1C)NCc1cccs1. The molecule has 2 aromatic heterocycles. The maximum absolute atomic E-state index is 4.77. The molecule has 0 saturated carbocycles. The Morgan fingerprint density at radius 2 is 2.07 bits per heavy atom. The van der Waals surface area contributed by atoms with Crippen molar-refractivity contribution in [1.29, 1.82) is 0 Å². The van der Waals surface area contributed by atoms with Crippen molar-refractivity contribution in [3.8, 4) is 0 Å². The smallest absolute Gasteiger partial charge is 0.191 e. The summed E-state index contributed by atoms with van der Waals surface area (Å²) in [6, 6.07) is 12.6. The standard InChI is InChI=1S/C20H26N6S/c1-3-19-25-24-15-26(19)11-10-21-20(23-14-18-9-6-12-27-18)22-13-17-8-5-4-7-16(17)2/h4-9,12,15H,3,10-11,13-14H2,1-2H3,(H2,21,22,23). The molecule has 1 aromatic carbocycles. The van der Waals surface area contributed by atoms with E-state index in [1.165, 1.54) is 16.0 Å². The Kier molecular flexibility index (Phi) is 6.98. The average molecular weight is 383 g/mol. The molecule has 2 heterocycles. The van der Waals surface area contributed by atoms with E-state index in [0.29, 0.717) is 6.54 Å². The first-order chi connectivity index (χ1) is 13.3. The first-order valence-corrected chi connectivity index (χ1v) is 10.1. The van der Waals surface area contributed by atoms with E-state index >= 15 is 0 Å². The van der Waals surface area contributed by atoms with Crippen LogP contribution in [0.15, 0.2) is 53.1 Å². The fraction of sp³-hybridized carbons (Fsp3) is 0.350. The second-order valence-electron chi connectivity index (χ2n) is 6.25. The van der Waals surface area contributed by atoms with E-state index in [4.69, 9.17) is 4.99 Å². The van der Waals surface area contributed by atoms with Crippen LogP contribution in [0.3, 0.4) is 0 Å². The summed E-state index contributed by atoms with van der Waals surface area (Å²) in [4.78, 5) is 6.06. The summed E-state index contributed by atoms with van der Waals surface area (Å²) in [5, 5.41) is 17.1. The molecule has 0 bridgehead atoms. The van der Waals surface area contributed by atoms with E-state index in [9.17, 15) is 0 Å². The minimum Gasteiger partial charge on any atom is -0.355 e. The number of aliphatic imine (C=N–C) groups is 1. The lowest BCUT2D eigenvalue weighted by Gasteiger charge is -2.13. The topological polar surface area (TPSA) is 67.1 Å². The van der Waals surface area contributed by atoms with E-state index < -0.39 is 0 Å². The van der Waals surface area contributed by atoms with E-state index in [0.717, 1.165) is 37.8 Å². The summed E-state index contributed by atoms with van der Waals surface area (Å²) >= 11 is 1.74. The molecular weight excluding hydrogens is 356 g/mol. The Morgan fingerprint density at radius 3 is 2.85 bits per heavy atom. The molecule has 6 nitrogen and oxygen atoms in total. The highest BCUT2D eigenvalue weighted by Gasteiger charge is 2.04. The van der Waals surface area contributed by atoms with Crippen molar-refractivity contribution in [2.24, 2.45) is 4.99 Å². The van der Waals surface area contributed by atoms with Crippen LogP contribution in [0.25, 0.3) is 0 Å². The molecule has 3 rings (SSSR count). The molecule has 0 unspecified atom stereocenters. The van der Waals surface area contributed by atoms with Gasteiger partial charge in [0.2, 0.25) is 0 Å². The van der Waals surface area contributed by atoms with Crippen molar-refractivity contribution >= 4 is 17.3 Å². The molecule has 7 heteroatoms. The monoisotopic (exact) mass is 382 g/mol. The lowest BCUT2D eigenvalue weighted by atomic mass is 10.1. The van der Waals surface area contributed by atoms with Gasteiger partial charge >= 0.3 is 0 Å². The molecule has 2 N–H and O–H groups in total. The quantitative estimate of drug-likeness (QED) is 0.464. The molecule has 0 saturated heterocycles. The first-order valence-electron chi connectivity index (χ1n) is 9.22. The molecule has 0 fully saturated rings. The summed E-state index contributed by atoms with van der Waals surface area (Å²) in [5.74, 6) is 1.82. The summed E-state index contributed by atoms with van der Waals surface area (Å²) in [6.45, 7) is 7.19. The van der Waals surface area contributed by atoms with Gasteiger partial charge in [0.05, 0.1) is 13.1 Å². The molecule has 0 spiro atoms. The average Bonchev–Trinajstić information content (AvgIpc) is 3.36. The Morgan fingerprint density at radius 1 is 1.19 bits per heavy atom. The second-order valence-corrected chi connectivity index (χ2v) is 7.28. The van der Waals surface area contributed by atoms with Gasteiger partial charge in [0.1, 0.15) is 12.2 Å². The van der Waals surface area contributed by atoms with Crippen molar-refractivity contribution in [3.63, 3.8) is 0 Å². The second kappa shape index (κ2) is 9.87. The number of nitrogens with zero attached hydrogens (tertiary/aromatic N) is 4. The van der Waals surface area contributed by atoms with Gasteiger partial charge < -0.3 is 15.2 Å². The predicted octanol–water partition coefficient (Wildman–Crippen LogP) is 3.15. The zero-order valence-electron chi connectivity index (χ0n) is 15.9. The fourth-order valence-electron chi connectivity index (χ4n) is 2.74. The third-order valence-corrected chi connectivity index (χ3v) is 5.21. The first kappa shape index (κ1) is 19.1. The van der Waals surface area contributed by atoms with Crippen LogP contribution in [-0.4, -0.2) is 27.3 Å². The normalized spacial score (nSPS) is 11.6. The Bertz CT molecular complexity index is 853. The van der Waals surface area contributed by atoms with Crippen LogP contribution in [0.1, 0.15) is 28.8 Å². The minimum atomic E-state index is 0.652. The fourth-order valence-corrected chi connectivity index (χ4v) is 3.39. The van der Waals surface area contributed by atoms with E-state index in [-0.39, 0.29) is 0 Å². The van der Waals surface area contributed by atoms with Gasteiger partial charge in [-0.1, -0.05) is 37.3 Å². The summed E-state index contributed by atoms with van der Waals surface area (Å²) in [7, 11) is 0. The minimum absolute atomic E-state index is 0.652. The van der Waals surface area contributed by atoms with Gasteiger partial charge in [0.25, 0.3) is 0 Å². The number of aryl methyl sites for hydroxylation is 2. The largest absolute Gasteiger partial charge is 0.355 e. The van der Waals surface area contributed by atoms with Gasteiger partial charge in [0.15, 0.2) is 5.96 Å². The predicted molar refractivity (Wildman–Crippen MR) is 111 cm³/mol. The maximum atomic E-state index is 4.77. The Labute approximate surface area is 164 Å². The van der Waals surface area contributed by atoms with Crippen LogP contribution in [-0.2, 0) is 26.1 Å². The van der Waals surface area contributed by atoms with Gasteiger partial charge in [-0.2, -0.15) is 0 Å². The molecule has 27 heavy (non-hydrogen) atoms. The van der Waals surface area contributed by atoms with Crippen molar-refractivity contribution < 1.29 is 0 Å². The van der Waals surface area contributed by atoms with Crippen LogP contribution >= 0.6 is 11.3 Å². The van der Waals surface area contributed by atoms with Crippen LogP contribution in [0, 0.1) is 6.92 Å². The van der Waals surface area contributed by atoms with Crippen molar-refractivity contribution in [1.82, 2.24) is 25.4 Å². The van der Waals surface area contributed by atoms with Crippen LogP contribution < -0.4 is 10.6 Å². The number of aromatic nitrogens is 3. The molecular formula is C20H26N6S. The Hall–Kier alpha value is -2.67. The van der Waals surface area contributed by atoms with Crippen molar-refractivity contribution in [2.75, 3.05) is 6.54 Å². The molecule has 0 aliphatic carbocycles. The van der Waals surface area contributed by atoms with Gasteiger partial charge in [-0.3, -0.25) is 0 Å². The number of benzene rings is 1. The van der Waals surface area contributed by atoms with Gasteiger partial charge in [-0.15, -0.1) is 21.5 Å². The van der Waals surface area contributed by atoms with Gasteiger partial charge in [-0.25, -0.2) is 4.99 Å².